The van der Waals surface area contributed by atoms with Gasteiger partial charge in [0.15, 0.2) is 0 Å². The molecule has 4 aliphatic heterocycles. The predicted molar refractivity (Wildman–Crippen MR) is 165 cm³/mol. The minimum absolute atomic E-state index is 0.0250. The molecule has 6 rings (SSSR count). The number of pyridine rings is 2. The molecule has 0 bridgehead atoms. The SMILES string of the molecule is Clc1cc(Cl)nc(N2CCOCC2)c1.O=C1CCC(O)CN1.O=C1CCC(O)CN1c1cc(Cl)cc(N2CCOCC2)n1. The van der Waals surface area contributed by atoms with E-state index in [2.05, 4.69) is 25.1 Å². The zero-order valence-corrected chi connectivity index (χ0v) is 26.0. The second-order valence-corrected chi connectivity index (χ2v) is 11.6. The molecule has 0 spiro atoms. The molecule has 15 heteroatoms. The first-order valence-corrected chi connectivity index (χ1v) is 15.4. The van der Waals surface area contributed by atoms with E-state index in [1.54, 1.807) is 18.2 Å². The zero-order valence-electron chi connectivity index (χ0n) is 23.8. The minimum atomic E-state index is -0.504. The molecule has 4 aliphatic rings. The van der Waals surface area contributed by atoms with Gasteiger partial charge in [-0.25, -0.2) is 9.97 Å². The van der Waals surface area contributed by atoms with Gasteiger partial charge in [-0.15, -0.1) is 0 Å². The number of halogens is 3. The van der Waals surface area contributed by atoms with Crippen LogP contribution in [0.5, 0.6) is 0 Å². The number of anilines is 3. The molecule has 0 aromatic carbocycles. The number of hydrogen-bond acceptors (Lipinski definition) is 10. The molecule has 0 aliphatic carbocycles. The molecule has 4 fully saturated rings. The second kappa shape index (κ2) is 16.6. The molecule has 2 atom stereocenters. The van der Waals surface area contributed by atoms with Crippen molar-refractivity contribution >= 4 is 64.1 Å². The summed E-state index contributed by atoms with van der Waals surface area (Å²) in [6.45, 7) is 6.65. The summed E-state index contributed by atoms with van der Waals surface area (Å²) < 4.78 is 10.6. The summed E-state index contributed by atoms with van der Waals surface area (Å²) >= 11 is 17.9. The summed E-state index contributed by atoms with van der Waals surface area (Å²) in [4.78, 5) is 36.9. The lowest BCUT2D eigenvalue weighted by atomic mass is 10.1. The number of nitrogens with zero attached hydrogens (tertiary/aromatic N) is 5. The van der Waals surface area contributed by atoms with Gasteiger partial charge in [0.2, 0.25) is 11.8 Å². The Kier molecular flexibility index (Phi) is 12.9. The van der Waals surface area contributed by atoms with E-state index in [1.165, 1.54) is 4.90 Å². The molecule has 0 saturated carbocycles. The number of hydrogen-bond donors (Lipinski definition) is 3. The van der Waals surface area contributed by atoms with Crippen molar-refractivity contribution in [2.24, 2.45) is 0 Å². The van der Waals surface area contributed by atoms with Crippen LogP contribution >= 0.6 is 34.8 Å². The van der Waals surface area contributed by atoms with Gasteiger partial charge < -0.3 is 34.8 Å². The lowest BCUT2D eigenvalue weighted by Gasteiger charge is -2.32. The van der Waals surface area contributed by atoms with Gasteiger partial charge in [-0.1, -0.05) is 34.8 Å². The first kappa shape index (κ1) is 33.4. The molecule has 12 nitrogen and oxygen atoms in total. The van der Waals surface area contributed by atoms with Crippen molar-refractivity contribution in [3.05, 3.63) is 39.5 Å². The van der Waals surface area contributed by atoms with Gasteiger partial charge in [-0.05, 0) is 37.1 Å². The van der Waals surface area contributed by atoms with E-state index in [0.717, 1.165) is 51.0 Å². The van der Waals surface area contributed by atoms with Crippen molar-refractivity contribution in [2.75, 3.05) is 80.4 Å². The molecule has 2 amide bonds. The summed E-state index contributed by atoms with van der Waals surface area (Å²) in [6.07, 6.45) is 1.12. The molecule has 0 radical (unpaired) electrons. The van der Waals surface area contributed by atoms with Crippen molar-refractivity contribution in [3.63, 3.8) is 0 Å². The summed E-state index contributed by atoms with van der Waals surface area (Å²) in [6, 6.07) is 6.91. The Labute approximate surface area is 265 Å². The maximum atomic E-state index is 12.0. The monoisotopic (exact) mass is 658 g/mol. The average molecular weight is 660 g/mol. The van der Waals surface area contributed by atoms with Crippen LogP contribution in [0.3, 0.4) is 0 Å². The minimum Gasteiger partial charge on any atom is -0.391 e. The molecular formula is C28H37Cl3N6O6. The van der Waals surface area contributed by atoms with Crippen molar-refractivity contribution in [1.29, 1.82) is 0 Å². The molecule has 2 unspecified atom stereocenters. The standard InChI is InChI=1S/C14H18ClN3O3.C9H10Cl2N2O.C5H9NO2/c15-10-7-12(17-3-5-21-6-4-17)16-13(8-10)18-9-11(19)1-2-14(18)20;10-7-5-8(11)12-9(6-7)13-1-3-14-4-2-13;7-4-1-2-5(8)6-3-4/h7-8,11,19H,1-6,9H2;5-6H,1-4H2;4,7H,1-3H2,(H,6,8). The number of ether oxygens (including phenoxy) is 2. The van der Waals surface area contributed by atoms with Crippen LogP contribution in [-0.4, -0.2) is 110 Å². The fourth-order valence-corrected chi connectivity index (χ4v) is 5.40. The van der Waals surface area contributed by atoms with Gasteiger partial charge in [0.05, 0.1) is 45.2 Å². The largest absolute Gasteiger partial charge is 0.391 e. The van der Waals surface area contributed by atoms with Gasteiger partial charge in [-0.3, -0.25) is 14.5 Å². The van der Waals surface area contributed by atoms with Crippen LogP contribution in [0, 0.1) is 0 Å². The number of carbonyl (C=O) groups is 2. The Morgan fingerprint density at radius 1 is 0.744 bits per heavy atom. The Balaban J connectivity index is 0.000000165. The van der Waals surface area contributed by atoms with Crippen LogP contribution in [0.15, 0.2) is 24.3 Å². The molecule has 6 heterocycles. The number of carbonyl (C=O) groups excluding carboxylic acids is 2. The van der Waals surface area contributed by atoms with Gasteiger partial charge in [-0.2, -0.15) is 0 Å². The highest BCUT2D eigenvalue weighted by molar-refractivity contribution is 6.34. The molecule has 4 saturated heterocycles. The molecule has 2 aromatic heterocycles. The summed E-state index contributed by atoms with van der Waals surface area (Å²) in [5.41, 5.74) is 0. The fourth-order valence-electron chi connectivity index (χ4n) is 4.74. The van der Waals surface area contributed by atoms with Gasteiger partial charge >= 0.3 is 0 Å². The number of aliphatic hydroxyl groups is 2. The molecular weight excluding hydrogens is 623 g/mol. The summed E-state index contributed by atoms with van der Waals surface area (Å²) in [7, 11) is 0. The lowest BCUT2D eigenvalue weighted by molar-refractivity contribution is -0.124. The van der Waals surface area contributed by atoms with Crippen LogP contribution in [0.25, 0.3) is 0 Å². The molecule has 236 valence electrons. The van der Waals surface area contributed by atoms with Gasteiger partial charge in [0.1, 0.15) is 22.6 Å². The number of aromatic nitrogens is 2. The maximum absolute atomic E-state index is 12.0. The average Bonchev–Trinajstić information content (AvgIpc) is 3.01. The van der Waals surface area contributed by atoms with Crippen LogP contribution < -0.4 is 20.0 Å². The number of rotatable bonds is 3. The Bertz CT molecular complexity index is 1200. The Hall–Kier alpha value is -2.45. The van der Waals surface area contributed by atoms with Crippen molar-refractivity contribution in [2.45, 2.75) is 37.9 Å². The summed E-state index contributed by atoms with van der Waals surface area (Å²) in [5.74, 6) is 2.10. The van der Waals surface area contributed by atoms with Gasteiger partial charge in [0, 0.05) is 55.6 Å². The van der Waals surface area contributed by atoms with E-state index < -0.39 is 6.10 Å². The Morgan fingerprint density at radius 3 is 1.81 bits per heavy atom. The van der Waals surface area contributed by atoms with E-state index in [-0.39, 0.29) is 24.5 Å². The topological polar surface area (TPSA) is 141 Å². The van der Waals surface area contributed by atoms with Crippen molar-refractivity contribution < 1.29 is 29.3 Å². The van der Waals surface area contributed by atoms with Crippen LogP contribution in [-0.2, 0) is 19.1 Å². The molecule has 3 N–H and O–H groups in total. The first-order chi connectivity index (χ1) is 20.7. The highest BCUT2D eigenvalue weighted by Gasteiger charge is 2.27. The Morgan fingerprint density at radius 2 is 1.28 bits per heavy atom. The number of piperidine rings is 2. The van der Waals surface area contributed by atoms with Crippen molar-refractivity contribution in [3.8, 4) is 0 Å². The number of amides is 2. The smallest absolute Gasteiger partial charge is 0.228 e. The van der Waals surface area contributed by atoms with E-state index in [9.17, 15) is 14.7 Å². The highest BCUT2D eigenvalue weighted by atomic mass is 35.5. The third-order valence-corrected chi connectivity index (χ3v) is 7.71. The van der Waals surface area contributed by atoms with Crippen LogP contribution in [0.1, 0.15) is 25.7 Å². The lowest BCUT2D eigenvalue weighted by Crippen LogP contribution is -2.43. The van der Waals surface area contributed by atoms with E-state index in [4.69, 9.17) is 49.4 Å². The zero-order chi connectivity index (χ0) is 30.8. The molecule has 2 aromatic rings. The number of aliphatic hydroxyl groups excluding tert-OH is 2. The fraction of sp³-hybridized carbons (Fsp3) is 0.571. The third-order valence-electron chi connectivity index (χ3n) is 7.08. The second-order valence-electron chi connectivity index (χ2n) is 10.4. The molecule has 43 heavy (non-hydrogen) atoms. The first-order valence-electron chi connectivity index (χ1n) is 14.3. The number of nitrogens with one attached hydrogen (secondary N) is 1. The van der Waals surface area contributed by atoms with Crippen LogP contribution in [0.2, 0.25) is 15.2 Å². The number of morpholine rings is 2. The third kappa shape index (κ3) is 10.6. The van der Waals surface area contributed by atoms with Crippen LogP contribution in [0.4, 0.5) is 17.5 Å². The quantitative estimate of drug-likeness (QED) is 0.421. The van der Waals surface area contributed by atoms with E-state index in [1.807, 2.05) is 6.07 Å². The highest BCUT2D eigenvalue weighted by Crippen LogP contribution is 2.27. The predicted octanol–water partition coefficient (Wildman–Crippen LogP) is 2.54. The van der Waals surface area contributed by atoms with E-state index in [0.29, 0.717) is 66.5 Å². The maximum Gasteiger partial charge on any atom is 0.228 e. The summed E-state index contributed by atoms with van der Waals surface area (Å²) in [5, 5.41) is 22.7. The van der Waals surface area contributed by atoms with Gasteiger partial charge in [0.25, 0.3) is 0 Å². The normalized spacial score (nSPS) is 22.6. The van der Waals surface area contributed by atoms with E-state index >= 15 is 0 Å². The van der Waals surface area contributed by atoms with Crippen molar-refractivity contribution in [1.82, 2.24) is 15.3 Å². The number of β-amino-alcohol motifs (C(OH)–C–C–N with tert-alkyl or cyclic N) is 2.